The van der Waals surface area contributed by atoms with Crippen molar-refractivity contribution in [3.63, 3.8) is 0 Å². The van der Waals surface area contributed by atoms with E-state index in [-0.39, 0.29) is 11.9 Å². The molecule has 26 heavy (non-hydrogen) atoms. The lowest BCUT2D eigenvalue weighted by Crippen LogP contribution is -2.48. The van der Waals surface area contributed by atoms with Crippen LogP contribution in [0.15, 0.2) is 48.5 Å². The summed E-state index contributed by atoms with van der Waals surface area (Å²) in [6.07, 6.45) is 2.40. The molecule has 1 N–H and O–H groups in total. The Morgan fingerprint density at radius 2 is 1.96 bits per heavy atom. The van der Waals surface area contributed by atoms with Gasteiger partial charge in [-0.05, 0) is 31.4 Å². The van der Waals surface area contributed by atoms with Crippen LogP contribution in [0.25, 0.3) is 0 Å². The maximum Gasteiger partial charge on any atom is 0.223 e. The molecule has 0 aliphatic carbocycles. The number of amides is 1. The number of ether oxygens (including phenoxy) is 1. The van der Waals surface area contributed by atoms with Crippen molar-refractivity contribution in [1.82, 2.24) is 10.2 Å². The van der Waals surface area contributed by atoms with Crippen LogP contribution in [0, 0.1) is 6.92 Å². The van der Waals surface area contributed by atoms with Gasteiger partial charge in [0.2, 0.25) is 5.91 Å². The molecule has 4 heteroatoms. The van der Waals surface area contributed by atoms with Crippen LogP contribution in [0.5, 0.6) is 5.75 Å². The molecular formula is C22H28N2O2. The summed E-state index contributed by atoms with van der Waals surface area (Å²) < 4.78 is 5.51. The van der Waals surface area contributed by atoms with Crippen LogP contribution in [-0.2, 0) is 11.2 Å². The molecule has 138 valence electrons. The molecule has 2 aromatic carbocycles. The third-order valence-electron chi connectivity index (χ3n) is 5.04. The molecule has 2 aromatic rings. The first-order chi connectivity index (χ1) is 12.7. The average molecular weight is 352 g/mol. The van der Waals surface area contributed by atoms with E-state index in [0.29, 0.717) is 6.42 Å². The second kappa shape index (κ2) is 8.86. The maximum atomic E-state index is 12.9. The molecule has 0 saturated carbocycles. The number of hydrogen-bond acceptors (Lipinski definition) is 3. The summed E-state index contributed by atoms with van der Waals surface area (Å²) >= 11 is 0. The summed E-state index contributed by atoms with van der Waals surface area (Å²) in [5.41, 5.74) is 3.64. The van der Waals surface area contributed by atoms with E-state index in [0.717, 1.165) is 43.8 Å². The minimum atomic E-state index is 0.0341. The molecule has 1 amide bonds. The predicted molar refractivity (Wildman–Crippen MR) is 104 cm³/mol. The summed E-state index contributed by atoms with van der Waals surface area (Å²) in [6.45, 7) is 4.45. The molecule has 1 aliphatic rings. The van der Waals surface area contributed by atoms with Gasteiger partial charge >= 0.3 is 0 Å². The standard InChI is InChI=1S/C22H28N2O2/c1-17-10-12-18(13-11-17)6-5-9-22(25)24-15-14-23-16-20(24)19-7-3-4-8-21(19)26-2/h3-4,7-8,10-13,20,23H,5-6,9,14-16H2,1-2H3. The van der Waals surface area contributed by atoms with Gasteiger partial charge < -0.3 is 15.0 Å². The number of carbonyl (C=O) groups is 1. The van der Waals surface area contributed by atoms with Gasteiger partial charge in [-0.15, -0.1) is 0 Å². The van der Waals surface area contributed by atoms with Crippen LogP contribution in [-0.4, -0.2) is 37.6 Å². The van der Waals surface area contributed by atoms with E-state index in [1.165, 1.54) is 11.1 Å². The van der Waals surface area contributed by atoms with Gasteiger partial charge in [-0.2, -0.15) is 0 Å². The van der Waals surface area contributed by atoms with E-state index in [9.17, 15) is 4.79 Å². The number of carbonyl (C=O) groups excluding carboxylic acids is 1. The van der Waals surface area contributed by atoms with Crippen molar-refractivity contribution < 1.29 is 9.53 Å². The first-order valence-corrected chi connectivity index (χ1v) is 9.37. The highest BCUT2D eigenvalue weighted by molar-refractivity contribution is 5.77. The van der Waals surface area contributed by atoms with Crippen LogP contribution >= 0.6 is 0 Å². The number of nitrogens with zero attached hydrogens (tertiary/aromatic N) is 1. The van der Waals surface area contributed by atoms with Gasteiger partial charge in [0, 0.05) is 31.6 Å². The van der Waals surface area contributed by atoms with E-state index in [1.807, 2.05) is 23.1 Å². The van der Waals surface area contributed by atoms with Crippen molar-refractivity contribution in [1.29, 1.82) is 0 Å². The number of benzene rings is 2. The molecule has 0 radical (unpaired) electrons. The smallest absolute Gasteiger partial charge is 0.223 e. The molecule has 1 atom stereocenters. The quantitative estimate of drug-likeness (QED) is 0.865. The number of rotatable bonds is 6. The zero-order chi connectivity index (χ0) is 18.4. The Morgan fingerprint density at radius 3 is 2.73 bits per heavy atom. The van der Waals surface area contributed by atoms with Crippen molar-refractivity contribution in [2.24, 2.45) is 0 Å². The monoisotopic (exact) mass is 352 g/mol. The van der Waals surface area contributed by atoms with Crippen molar-refractivity contribution in [3.05, 3.63) is 65.2 Å². The van der Waals surface area contributed by atoms with Gasteiger partial charge in [-0.25, -0.2) is 0 Å². The van der Waals surface area contributed by atoms with E-state index >= 15 is 0 Å². The minimum absolute atomic E-state index is 0.0341. The number of methoxy groups -OCH3 is 1. The van der Waals surface area contributed by atoms with Crippen LogP contribution in [0.1, 0.15) is 35.6 Å². The lowest BCUT2D eigenvalue weighted by atomic mass is 10.0. The molecule has 1 unspecified atom stereocenters. The fourth-order valence-electron chi connectivity index (χ4n) is 3.56. The first kappa shape index (κ1) is 18.5. The number of para-hydroxylation sites is 1. The molecule has 0 aromatic heterocycles. The Balaban J connectivity index is 1.63. The van der Waals surface area contributed by atoms with E-state index in [1.54, 1.807) is 7.11 Å². The van der Waals surface area contributed by atoms with Crippen LogP contribution < -0.4 is 10.1 Å². The predicted octanol–water partition coefficient (Wildman–Crippen LogP) is 3.50. The molecule has 1 fully saturated rings. The van der Waals surface area contributed by atoms with Crippen LogP contribution in [0.2, 0.25) is 0 Å². The second-order valence-corrected chi connectivity index (χ2v) is 6.89. The fraction of sp³-hybridized carbons (Fsp3) is 0.409. The minimum Gasteiger partial charge on any atom is -0.496 e. The van der Waals surface area contributed by atoms with Gasteiger partial charge in [0.15, 0.2) is 0 Å². The lowest BCUT2D eigenvalue weighted by Gasteiger charge is -2.37. The van der Waals surface area contributed by atoms with Crippen molar-refractivity contribution in [2.45, 2.75) is 32.2 Å². The Labute approximate surface area is 156 Å². The molecule has 0 spiro atoms. The summed E-state index contributed by atoms with van der Waals surface area (Å²) in [5, 5.41) is 3.41. The van der Waals surface area contributed by atoms with Gasteiger partial charge in [-0.3, -0.25) is 4.79 Å². The number of hydrogen-bond donors (Lipinski definition) is 1. The normalized spacial score (nSPS) is 17.2. The SMILES string of the molecule is COc1ccccc1C1CNCCN1C(=O)CCCc1ccc(C)cc1. The summed E-state index contributed by atoms with van der Waals surface area (Å²) in [6, 6.07) is 16.6. The highest BCUT2D eigenvalue weighted by Gasteiger charge is 2.29. The van der Waals surface area contributed by atoms with Crippen molar-refractivity contribution in [3.8, 4) is 5.75 Å². The third-order valence-corrected chi connectivity index (χ3v) is 5.04. The number of piperazine rings is 1. The highest BCUT2D eigenvalue weighted by atomic mass is 16.5. The summed E-state index contributed by atoms with van der Waals surface area (Å²) in [4.78, 5) is 14.9. The van der Waals surface area contributed by atoms with E-state index in [4.69, 9.17) is 4.74 Å². The summed E-state index contributed by atoms with van der Waals surface area (Å²) in [5.74, 6) is 1.08. The van der Waals surface area contributed by atoms with Gasteiger partial charge in [0.05, 0.1) is 13.2 Å². The third kappa shape index (κ3) is 4.44. The Morgan fingerprint density at radius 1 is 1.19 bits per heavy atom. The number of nitrogens with one attached hydrogen (secondary N) is 1. The zero-order valence-electron chi connectivity index (χ0n) is 15.7. The topological polar surface area (TPSA) is 41.6 Å². The van der Waals surface area contributed by atoms with E-state index in [2.05, 4.69) is 42.6 Å². The van der Waals surface area contributed by atoms with Gasteiger partial charge in [-0.1, -0.05) is 48.0 Å². The molecule has 3 rings (SSSR count). The maximum absolute atomic E-state index is 12.9. The largest absolute Gasteiger partial charge is 0.496 e. The molecule has 1 saturated heterocycles. The molecule has 0 bridgehead atoms. The summed E-state index contributed by atoms with van der Waals surface area (Å²) in [7, 11) is 1.68. The van der Waals surface area contributed by atoms with E-state index < -0.39 is 0 Å². The fourth-order valence-corrected chi connectivity index (χ4v) is 3.56. The second-order valence-electron chi connectivity index (χ2n) is 6.89. The van der Waals surface area contributed by atoms with Crippen LogP contribution in [0.3, 0.4) is 0 Å². The van der Waals surface area contributed by atoms with Crippen LogP contribution in [0.4, 0.5) is 0 Å². The lowest BCUT2D eigenvalue weighted by molar-refractivity contribution is -0.134. The Kier molecular flexibility index (Phi) is 6.29. The van der Waals surface area contributed by atoms with Crippen molar-refractivity contribution >= 4 is 5.91 Å². The molecule has 1 heterocycles. The molecule has 4 nitrogen and oxygen atoms in total. The highest BCUT2D eigenvalue weighted by Crippen LogP contribution is 2.30. The Hall–Kier alpha value is -2.33. The molecular weight excluding hydrogens is 324 g/mol. The average Bonchev–Trinajstić information content (AvgIpc) is 2.69. The Bertz CT molecular complexity index is 727. The van der Waals surface area contributed by atoms with Gasteiger partial charge in [0.1, 0.15) is 5.75 Å². The van der Waals surface area contributed by atoms with Gasteiger partial charge in [0.25, 0.3) is 0 Å². The first-order valence-electron chi connectivity index (χ1n) is 9.37. The number of aryl methyl sites for hydroxylation is 2. The van der Waals surface area contributed by atoms with Crippen molar-refractivity contribution in [2.75, 3.05) is 26.7 Å². The molecule has 1 aliphatic heterocycles. The zero-order valence-corrected chi connectivity index (χ0v) is 15.7.